The second-order valence-electron chi connectivity index (χ2n) is 4.50. The molecule has 0 radical (unpaired) electrons. The first-order valence-corrected chi connectivity index (χ1v) is 7.67. The predicted molar refractivity (Wildman–Crippen MR) is 71.6 cm³/mol. The Hall–Kier alpha value is 0.230. The minimum absolute atomic E-state index is 0.470. The average molecular weight is 246 g/mol. The van der Waals surface area contributed by atoms with Crippen LogP contribution in [0.15, 0.2) is 0 Å². The van der Waals surface area contributed by atoms with Gasteiger partial charge in [-0.3, -0.25) is 11.3 Å². The van der Waals surface area contributed by atoms with E-state index in [1.165, 1.54) is 44.3 Å². The number of hydrogen-bond acceptors (Lipinski definition) is 4. The van der Waals surface area contributed by atoms with Crippen molar-refractivity contribution in [2.75, 3.05) is 18.1 Å². The summed E-state index contributed by atoms with van der Waals surface area (Å²) in [6.07, 6.45) is 7.89. The lowest BCUT2D eigenvalue weighted by Gasteiger charge is -2.16. The molecule has 1 aliphatic rings. The van der Waals surface area contributed by atoms with Crippen molar-refractivity contribution in [3.05, 3.63) is 0 Å². The van der Waals surface area contributed by atoms with Gasteiger partial charge in [-0.15, -0.1) is 0 Å². The van der Waals surface area contributed by atoms with Crippen LogP contribution in [0.3, 0.4) is 0 Å². The van der Waals surface area contributed by atoms with Crippen molar-refractivity contribution >= 4 is 11.8 Å². The summed E-state index contributed by atoms with van der Waals surface area (Å²) in [5, 5.41) is 0. The maximum atomic E-state index is 5.61. The molecule has 3 N–H and O–H groups in total. The van der Waals surface area contributed by atoms with Crippen LogP contribution in [-0.4, -0.2) is 30.3 Å². The van der Waals surface area contributed by atoms with Crippen LogP contribution in [0.1, 0.15) is 45.4 Å². The Morgan fingerprint density at radius 2 is 2.44 bits per heavy atom. The SMILES string of the molecule is CCCSCC(CCCC1CCCO1)NN. The molecule has 0 spiro atoms. The molecule has 0 aromatic heterocycles. The van der Waals surface area contributed by atoms with Gasteiger partial charge in [0.15, 0.2) is 0 Å². The van der Waals surface area contributed by atoms with E-state index in [9.17, 15) is 0 Å². The molecule has 1 saturated heterocycles. The highest BCUT2D eigenvalue weighted by atomic mass is 32.2. The van der Waals surface area contributed by atoms with Gasteiger partial charge in [-0.1, -0.05) is 6.92 Å². The van der Waals surface area contributed by atoms with Crippen LogP contribution >= 0.6 is 11.8 Å². The topological polar surface area (TPSA) is 47.3 Å². The first kappa shape index (κ1) is 14.3. The molecule has 3 nitrogen and oxygen atoms in total. The third-order valence-corrected chi connectivity index (χ3v) is 4.34. The van der Waals surface area contributed by atoms with Crippen molar-refractivity contribution < 1.29 is 4.74 Å². The minimum Gasteiger partial charge on any atom is -0.378 e. The summed E-state index contributed by atoms with van der Waals surface area (Å²) in [7, 11) is 0. The average Bonchev–Trinajstić information content (AvgIpc) is 2.80. The lowest BCUT2D eigenvalue weighted by molar-refractivity contribution is 0.101. The van der Waals surface area contributed by atoms with Gasteiger partial charge < -0.3 is 4.74 Å². The molecule has 4 heteroatoms. The number of hydrazine groups is 1. The van der Waals surface area contributed by atoms with Gasteiger partial charge in [0.1, 0.15) is 0 Å². The largest absolute Gasteiger partial charge is 0.378 e. The van der Waals surface area contributed by atoms with Gasteiger partial charge in [-0.25, -0.2) is 0 Å². The highest BCUT2D eigenvalue weighted by Crippen LogP contribution is 2.18. The molecule has 0 amide bonds. The van der Waals surface area contributed by atoms with Crippen LogP contribution in [0, 0.1) is 0 Å². The molecule has 16 heavy (non-hydrogen) atoms. The van der Waals surface area contributed by atoms with E-state index in [2.05, 4.69) is 12.3 Å². The van der Waals surface area contributed by atoms with Gasteiger partial charge in [0.05, 0.1) is 6.10 Å². The summed E-state index contributed by atoms with van der Waals surface area (Å²) in [5.74, 6) is 7.93. The fraction of sp³-hybridized carbons (Fsp3) is 1.00. The Labute approximate surface area is 104 Å². The molecule has 0 aromatic carbocycles. The van der Waals surface area contributed by atoms with Gasteiger partial charge in [0.25, 0.3) is 0 Å². The zero-order valence-corrected chi connectivity index (χ0v) is 11.2. The van der Waals surface area contributed by atoms with E-state index in [4.69, 9.17) is 10.6 Å². The van der Waals surface area contributed by atoms with Crippen molar-refractivity contribution in [1.29, 1.82) is 0 Å². The Kier molecular flexibility index (Phi) is 8.29. The van der Waals surface area contributed by atoms with Crippen molar-refractivity contribution in [1.82, 2.24) is 5.43 Å². The van der Waals surface area contributed by atoms with Crippen LogP contribution in [0.2, 0.25) is 0 Å². The van der Waals surface area contributed by atoms with E-state index < -0.39 is 0 Å². The monoisotopic (exact) mass is 246 g/mol. The smallest absolute Gasteiger partial charge is 0.0576 e. The second kappa shape index (κ2) is 9.28. The molecule has 1 aliphatic heterocycles. The number of rotatable bonds is 9. The molecule has 0 aliphatic carbocycles. The molecule has 2 unspecified atom stereocenters. The Morgan fingerprint density at radius 3 is 3.06 bits per heavy atom. The van der Waals surface area contributed by atoms with Gasteiger partial charge >= 0.3 is 0 Å². The molecule has 1 heterocycles. The quantitative estimate of drug-likeness (QED) is 0.372. The maximum absolute atomic E-state index is 5.61. The Morgan fingerprint density at radius 1 is 1.56 bits per heavy atom. The third kappa shape index (κ3) is 6.09. The number of ether oxygens (including phenoxy) is 1. The molecule has 2 atom stereocenters. The first-order valence-electron chi connectivity index (χ1n) is 6.52. The third-order valence-electron chi connectivity index (χ3n) is 3.01. The second-order valence-corrected chi connectivity index (χ2v) is 5.65. The van der Waals surface area contributed by atoms with Gasteiger partial charge in [0.2, 0.25) is 0 Å². The molecule has 0 saturated carbocycles. The standard InChI is InChI=1S/C12H26N2OS/c1-2-9-16-10-11(14-13)5-3-6-12-7-4-8-15-12/h11-12,14H,2-10,13H2,1H3. The van der Waals surface area contributed by atoms with Crippen LogP contribution in [-0.2, 0) is 4.74 Å². The zero-order chi connectivity index (χ0) is 11.6. The van der Waals surface area contributed by atoms with Crippen LogP contribution < -0.4 is 11.3 Å². The maximum Gasteiger partial charge on any atom is 0.0576 e. The van der Waals surface area contributed by atoms with E-state index in [1.807, 2.05) is 11.8 Å². The fourth-order valence-electron chi connectivity index (χ4n) is 2.05. The minimum atomic E-state index is 0.470. The van der Waals surface area contributed by atoms with Crippen LogP contribution in [0.5, 0.6) is 0 Å². The molecule has 0 bridgehead atoms. The molecule has 1 fully saturated rings. The normalized spacial score (nSPS) is 22.5. The zero-order valence-electron chi connectivity index (χ0n) is 10.4. The number of hydrogen-bond donors (Lipinski definition) is 2. The summed E-state index contributed by atoms with van der Waals surface area (Å²) < 4.78 is 5.61. The fourth-order valence-corrected chi connectivity index (χ4v) is 3.05. The van der Waals surface area contributed by atoms with Crippen LogP contribution in [0.25, 0.3) is 0 Å². The molecular formula is C12H26N2OS. The molecule has 1 rings (SSSR count). The number of nitrogens with two attached hydrogens (primary N) is 1. The molecule has 96 valence electrons. The lowest BCUT2D eigenvalue weighted by atomic mass is 10.1. The molecular weight excluding hydrogens is 220 g/mol. The van der Waals surface area contributed by atoms with E-state index in [0.29, 0.717) is 12.1 Å². The van der Waals surface area contributed by atoms with Crippen molar-refractivity contribution in [2.24, 2.45) is 5.84 Å². The van der Waals surface area contributed by atoms with Crippen molar-refractivity contribution in [2.45, 2.75) is 57.6 Å². The van der Waals surface area contributed by atoms with Crippen molar-refractivity contribution in [3.8, 4) is 0 Å². The van der Waals surface area contributed by atoms with E-state index in [-0.39, 0.29) is 0 Å². The summed E-state index contributed by atoms with van der Waals surface area (Å²) in [6.45, 7) is 3.19. The highest BCUT2D eigenvalue weighted by Gasteiger charge is 2.15. The number of thioether (sulfide) groups is 1. The van der Waals surface area contributed by atoms with Gasteiger partial charge in [-0.2, -0.15) is 11.8 Å². The summed E-state index contributed by atoms with van der Waals surface area (Å²) >= 11 is 1.99. The number of nitrogens with one attached hydrogen (secondary N) is 1. The Balaban J connectivity index is 1.99. The van der Waals surface area contributed by atoms with E-state index in [0.717, 1.165) is 12.4 Å². The van der Waals surface area contributed by atoms with Crippen LogP contribution in [0.4, 0.5) is 0 Å². The lowest BCUT2D eigenvalue weighted by Crippen LogP contribution is -2.37. The van der Waals surface area contributed by atoms with E-state index in [1.54, 1.807) is 0 Å². The first-order chi connectivity index (χ1) is 7.86. The summed E-state index contributed by atoms with van der Waals surface area (Å²) in [5.41, 5.74) is 2.92. The molecule has 0 aromatic rings. The van der Waals surface area contributed by atoms with Crippen molar-refractivity contribution in [3.63, 3.8) is 0 Å². The highest BCUT2D eigenvalue weighted by molar-refractivity contribution is 7.99. The van der Waals surface area contributed by atoms with E-state index >= 15 is 0 Å². The van der Waals surface area contributed by atoms with Gasteiger partial charge in [0, 0.05) is 18.4 Å². The summed E-state index contributed by atoms with van der Waals surface area (Å²) in [6, 6.07) is 0.470. The Bertz CT molecular complexity index is 163. The summed E-state index contributed by atoms with van der Waals surface area (Å²) in [4.78, 5) is 0. The van der Waals surface area contributed by atoms with Gasteiger partial charge in [-0.05, 0) is 44.3 Å². The predicted octanol–water partition coefficient (Wildman–Crippen LogP) is 2.31.